The van der Waals surface area contributed by atoms with Gasteiger partial charge in [0.2, 0.25) is 0 Å². The van der Waals surface area contributed by atoms with Crippen molar-refractivity contribution in [3.63, 3.8) is 0 Å². The minimum atomic E-state index is 0.0869. The van der Waals surface area contributed by atoms with E-state index in [-0.39, 0.29) is 12.1 Å². The number of rotatable bonds is 3. The molecule has 146 valence electrons. The number of imidazole rings is 1. The predicted octanol–water partition coefficient (Wildman–Crippen LogP) is 4.45. The van der Waals surface area contributed by atoms with Gasteiger partial charge in [-0.25, -0.2) is 14.8 Å². The highest BCUT2D eigenvalue weighted by Crippen LogP contribution is 2.33. The van der Waals surface area contributed by atoms with Gasteiger partial charge in [0.25, 0.3) is 0 Å². The first-order valence-corrected chi connectivity index (χ1v) is 11.1. The van der Waals surface area contributed by atoms with Crippen LogP contribution in [0.2, 0.25) is 0 Å². The topological polar surface area (TPSA) is 63.1 Å². The number of carbonyl (C=O) groups is 1. The predicted molar refractivity (Wildman–Crippen MR) is 111 cm³/mol. The fourth-order valence-electron chi connectivity index (χ4n) is 4.52. The van der Waals surface area contributed by atoms with Crippen LogP contribution in [0.25, 0.3) is 22.6 Å². The van der Waals surface area contributed by atoms with Crippen LogP contribution in [-0.4, -0.2) is 44.6 Å². The number of nitrogens with one attached hydrogen (secondary N) is 1. The summed E-state index contributed by atoms with van der Waals surface area (Å²) >= 11 is 1.67. The van der Waals surface area contributed by atoms with E-state index >= 15 is 0 Å². The molecule has 4 heterocycles. The van der Waals surface area contributed by atoms with Gasteiger partial charge in [0, 0.05) is 36.3 Å². The Morgan fingerprint density at radius 2 is 2.07 bits per heavy atom. The third-order valence-corrected chi connectivity index (χ3v) is 6.66. The van der Waals surface area contributed by atoms with E-state index in [0.717, 1.165) is 48.4 Å². The van der Waals surface area contributed by atoms with E-state index in [2.05, 4.69) is 31.7 Å². The summed E-state index contributed by atoms with van der Waals surface area (Å²) in [5.41, 5.74) is 2.94. The summed E-state index contributed by atoms with van der Waals surface area (Å²) < 4.78 is 2.24. The van der Waals surface area contributed by atoms with Crippen molar-refractivity contribution in [3.05, 3.63) is 35.2 Å². The van der Waals surface area contributed by atoms with Crippen molar-refractivity contribution >= 4 is 28.5 Å². The molecule has 28 heavy (non-hydrogen) atoms. The number of likely N-dealkylation sites (tertiary alicyclic amines) is 1. The van der Waals surface area contributed by atoms with Crippen molar-refractivity contribution in [1.82, 2.24) is 24.8 Å². The Balaban J connectivity index is 1.39. The molecule has 1 aliphatic heterocycles. The van der Waals surface area contributed by atoms with Gasteiger partial charge in [0.1, 0.15) is 11.3 Å². The average Bonchev–Trinajstić information content (AvgIpc) is 3.46. The van der Waals surface area contributed by atoms with Crippen LogP contribution in [0.15, 0.2) is 35.2 Å². The second-order valence-electron chi connectivity index (χ2n) is 7.84. The molecule has 0 spiro atoms. The van der Waals surface area contributed by atoms with Gasteiger partial charge in [0.15, 0.2) is 5.65 Å². The highest BCUT2D eigenvalue weighted by molar-refractivity contribution is 7.08. The highest BCUT2D eigenvalue weighted by atomic mass is 32.1. The number of hydrogen-bond acceptors (Lipinski definition) is 4. The highest BCUT2D eigenvalue weighted by Gasteiger charge is 2.31. The number of aromatic nitrogens is 3. The van der Waals surface area contributed by atoms with Crippen LogP contribution in [0.5, 0.6) is 0 Å². The van der Waals surface area contributed by atoms with Crippen molar-refractivity contribution in [2.45, 2.75) is 50.6 Å². The van der Waals surface area contributed by atoms with Crippen LogP contribution in [0.3, 0.4) is 0 Å². The van der Waals surface area contributed by atoms with Crippen LogP contribution in [0, 0.1) is 0 Å². The Bertz CT molecular complexity index is 961. The number of nitrogens with zero attached hydrogens (tertiary/aromatic N) is 4. The van der Waals surface area contributed by atoms with Crippen molar-refractivity contribution in [2.75, 3.05) is 13.1 Å². The van der Waals surface area contributed by atoms with E-state index in [0.29, 0.717) is 12.6 Å². The summed E-state index contributed by atoms with van der Waals surface area (Å²) in [6, 6.07) is 6.67. The summed E-state index contributed by atoms with van der Waals surface area (Å²) in [5.74, 6) is 0.953. The number of carbonyl (C=O) groups excluding carboxylic acids is 1. The normalized spacial score (nSPS) is 20.7. The van der Waals surface area contributed by atoms with Gasteiger partial charge in [-0.2, -0.15) is 11.3 Å². The number of thiophene rings is 1. The van der Waals surface area contributed by atoms with Crippen molar-refractivity contribution in [1.29, 1.82) is 0 Å². The molecule has 0 bridgehead atoms. The van der Waals surface area contributed by atoms with E-state index in [1.54, 1.807) is 11.3 Å². The third kappa shape index (κ3) is 3.28. The van der Waals surface area contributed by atoms with Gasteiger partial charge in [-0.15, -0.1) is 0 Å². The van der Waals surface area contributed by atoms with Crippen molar-refractivity contribution in [2.24, 2.45) is 0 Å². The van der Waals surface area contributed by atoms with Crippen LogP contribution < -0.4 is 5.32 Å². The molecule has 0 unspecified atom stereocenters. The monoisotopic (exact) mass is 395 g/mol. The molecule has 2 aliphatic rings. The minimum absolute atomic E-state index is 0.0869. The first-order valence-electron chi connectivity index (χ1n) is 10.2. The van der Waals surface area contributed by atoms with E-state index in [1.165, 1.54) is 19.3 Å². The van der Waals surface area contributed by atoms with Crippen LogP contribution in [0.1, 0.15) is 44.6 Å². The van der Waals surface area contributed by atoms with Gasteiger partial charge in [-0.1, -0.05) is 19.3 Å². The quantitative estimate of drug-likeness (QED) is 0.713. The molecule has 1 aliphatic carbocycles. The smallest absolute Gasteiger partial charge is 0.317 e. The zero-order valence-corrected chi connectivity index (χ0v) is 16.7. The summed E-state index contributed by atoms with van der Waals surface area (Å²) in [6.07, 6.45) is 8.72. The minimum Gasteiger partial charge on any atom is -0.335 e. The molecular formula is C21H25N5OS. The van der Waals surface area contributed by atoms with Crippen molar-refractivity contribution in [3.8, 4) is 11.4 Å². The van der Waals surface area contributed by atoms with Crippen molar-refractivity contribution < 1.29 is 4.79 Å². The Labute approximate surface area is 168 Å². The Morgan fingerprint density at radius 1 is 1.18 bits per heavy atom. The van der Waals surface area contributed by atoms with E-state index < -0.39 is 0 Å². The van der Waals surface area contributed by atoms with E-state index in [1.807, 2.05) is 23.2 Å². The molecule has 0 radical (unpaired) electrons. The molecule has 1 saturated heterocycles. The maximum atomic E-state index is 12.8. The number of pyridine rings is 1. The van der Waals surface area contributed by atoms with Gasteiger partial charge in [0.05, 0.1) is 6.04 Å². The molecule has 0 aromatic carbocycles. The first kappa shape index (κ1) is 17.7. The largest absolute Gasteiger partial charge is 0.335 e. The molecule has 1 atom stereocenters. The fraction of sp³-hybridized carbons (Fsp3) is 0.476. The summed E-state index contributed by atoms with van der Waals surface area (Å²) in [7, 11) is 0. The molecule has 3 aromatic rings. The Morgan fingerprint density at radius 3 is 2.89 bits per heavy atom. The molecule has 6 nitrogen and oxygen atoms in total. The van der Waals surface area contributed by atoms with Crippen LogP contribution in [-0.2, 0) is 0 Å². The maximum absolute atomic E-state index is 12.8. The van der Waals surface area contributed by atoms with Gasteiger partial charge in [-0.3, -0.25) is 0 Å². The Kier molecular flexibility index (Phi) is 4.76. The molecule has 2 fully saturated rings. The average molecular weight is 396 g/mol. The maximum Gasteiger partial charge on any atom is 0.317 e. The second kappa shape index (κ2) is 7.54. The zero-order valence-electron chi connectivity index (χ0n) is 15.9. The standard InChI is InChI=1S/C21H25N5OS/c27-21(23-16-5-2-1-3-6-16)25-11-8-17(13-25)26-19(15-9-12-28-14-15)24-18-7-4-10-22-20(18)26/h4,7,9-10,12,14,16-17H,1-3,5-6,8,11,13H2,(H,23,27)/t17-/m0/s1. The van der Waals surface area contributed by atoms with Gasteiger partial charge in [-0.05, 0) is 42.8 Å². The molecule has 1 saturated carbocycles. The zero-order chi connectivity index (χ0) is 18.9. The number of hydrogen-bond donors (Lipinski definition) is 1. The molecular weight excluding hydrogens is 370 g/mol. The fourth-order valence-corrected chi connectivity index (χ4v) is 5.16. The lowest BCUT2D eigenvalue weighted by Crippen LogP contribution is -2.44. The molecule has 5 rings (SSSR count). The van der Waals surface area contributed by atoms with E-state index in [4.69, 9.17) is 4.98 Å². The number of urea groups is 1. The van der Waals surface area contributed by atoms with Crippen LogP contribution >= 0.6 is 11.3 Å². The molecule has 7 heteroatoms. The van der Waals surface area contributed by atoms with Crippen LogP contribution in [0.4, 0.5) is 4.79 Å². The number of fused-ring (bicyclic) bond motifs is 1. The SMILES string of the molecule is O=C(NC1CCCCC1)N1CC[C@H](n2c(-c3ccsc3)nc3cccnc32)C1. The Hall–Kier alpha value is -2.41. The molecule has 1 N–H and O–H groups in total. The van der Waals surface area contributed by atoms with Gasteiger partial charge >= 0.3 is 6.03 Å². The lowest BCUT2D eigenvalue weighted by Gasteiger charge is -2.26. The summed E-state index contributed by atoms with van der Waals surface area (Å²) in [6.45, 7) is 1.48. The first-order chi connectivity index (χ1) is 13.8. The third-order valence-electron chi connectivity index (χ3n) is 5.98. The second-order valence-corrected chi connectivity index (χ2v) is 8.62. The van der Waals surface area contributed by atoms with Gasteiger partial charge < -0.3 is 14.8 Å². The summed E-state index contributed by atoms with van der Waals surface area (Å²) in [5, 5.41) is 7.45. The summed E-state index contributed by atoms with van der Waals surface area (Å²) in [4.78, 5) is 24.2. The molecule has 3 aromatic heterocycles. The lowest BCUT2D eigenvalue weighted by molar-refractivity contribution is 0.199. The lowest BCUT2D eigenvalue weighted by atomic mass is 9.96. The van der Waals surface area contributed by atoms with E-state index in [9.17, 15) is 4.79 Å². The molecule has 2 amide bonds. The number of amides is 2.